The molecule has 2 aromatic heterocycles. The van der Waals surface area contributed by atoms with Crippen molar-refractivity contribution >= 4 is 5.91 Å². The van der Waals surface area contributed by atoms with E-state index in [1.54, 1.807) is 6.92 Å². The Bertz CT molecular complexity index is 949. The van der Waals surface area contributed by atoms with Gasteiger partial charge in [0.05, 0.1) is 6.04 Å². The zero-order valence-corrected chi connectivity index (χ0v) is 15.1. The van der Waals surface area contributed by atoms with Gasteiger partial charge in [0.15, 0.2) is 5.82 Å². The number of carbonyl (C=O) groups excluding carboxylic acids is 1. The van der Waals surface area contributed by atoms with Crippen LogP contribution in [0.15, 0.2) is 17.2 Å². The molecule has 1 saturated heterocycles. The van der Waals surface area contributed by atoms with Gasteiger partial charge in [-0.25, -0.2) is 19.9 Å². The van der Waals surface area contributed by atoms with E-state index in [2.05, 4.69) is 20.2 Å². The van der Waals surface area contributed by atoms with Crippen LogP contribution in [-0.2, 0) is 12.7 Å². The van der Waals surface area contributed by atoms with E-state index in [4.69, 9.17) is 0 Å². The molecular formula is C17H19F3N6O2. The van der Waals surface area contributed by atoms with Crippen LogP contribution in [0.1, 0.15) is 54.2 Å². The number of alkyl halides is 3. The van der Waals surface area contributed by atoms with Gasteiger partial charge < -0.3 is 4.90 Å². The first kappa shape index (κ1) is 18.6. The SMILES string of the molecule is CCn1c(C2C(C3CC3)CCN2C(=O)c2cc(C(F)(F)F)ncn2)n[nH]c1=O. The largest absolute Gasteiger partial charge is 0.433 e. The zero-order chi connectivity index (χ0) is 20.1. The van der Waals surface area contributed by atoms with Crippen LogP contribution < -0.4 is 5.69 Å². The fourth-order valence-corrected chi connectivity index (χ4v) is 4.03. The summed E-state index contributed by atoms with van der Waals surface area (Å²) in [6.45, 7) is 2.56. The van der Waals surface area contributed by atoms with Gasteiger partial charge in [0.2, 0.25) is 0 Å². The van der Waals surface area contributed by atoms with Crippen molar-refractivity contribution in [2.45, 2.75) is 44.9 Å². The first-order valence-electron chi connectivity index (χ1n) is 9.16. The lowest BCUT2D eigenvalue weighted by atomic mass is 9.94. The molecule has 0 radical (unpaired) electrons. The third kappa shape index (κ3) is 3.18. The molecule has 11 heteroatoms. The molecule has 1 amide bonds. The van der Waals surface area contributed by atoms with Crippen molar-refractivity contribution in [3.05, 3.63) is 40.1 Å². The summed E-state index contributed by atoms with van der Waals surface area (Å²) in [6, 6.07) is 0.199. The highest BCUT2D eigenvalue weighted by Crippen LogP contribution is 2.50. The maximum atomic E-state index is 13.0. The van der Waals surface area contributed by atoms with Crippen LogP contribution in [0.5, 0.6) is 0 Å². The van der Waals surface area contributed by atoms with E-state index in [0.29, 0.717) is 37.3 Å². The lowest BCUT2D eigenvalue weighted by Crippen LogP contribution is -2.35. The normalized spacial score (nSPS) is 22.6. The topological polar surface area (TPSA) is 96.8 Å². The predicted molar refractivity (Wildman–Crippen MR) is 90.2 cm³/mol. The molecule has 8 nitrogen and oxygen atoms in total. The molecule has 1 saturated carbocycles. The summed E-state index contributed by atoms with van der Waals surface area (Å²) in [6.07, 6.45) is -1.13. The van der Waals surface area contributed by atoms with E-state index in [0.717, 1.165) is 19.2 Å². The fraction of sp³-hybridized carbons (Fsp3) is 0.588. The molecule has 2 atom stereocenters. The predicted octanol–water partition coefficient (Wildman–Crippen LogP) is 2.01. The van der Waals surface area contributed by atoms with Crippen LogP contribution >= 0.6 is 0 Å². The van der Waals surface area contributed by atoms with E-state index >= 15 is 0 Å². The number of nitrogens with one attached hydrogen (secondary N) is 1. The second-order valence-electron chi connectivity index (χ2n) is 7.15. The van der Waals surface area contributed by atoms with Gasteiger partial charge in [-0.2, -0.15) is 18.3 Å². The molecule has 1 aliphatic carbocycles. The van der Waals surface area contributed by atoms with Crippen LogP contribution in [0.4, 0.5) is 13.2 Å². The second-order valence-corrected chi connectivity index (χ2v) is 7.15. The van der Waals surface area contributed by atoms with E-state index in [-0.39, 0.29) is 17.3 Å². The summed E-state index contributed by atoms with van der Waals surface area (Å²) in [4.78, 5) is 33.5. The number of aromatic amines is 1. The molecule has 0 bridgehead atoms. The minimum absolute atomic E-state index is 0.119. The van der Waals surface area contributed by atoms with E-state index < -0.39 is 23.8 Å². The lowest BCUT2D eigenvalue weighted by molar-refractivity contribution is -0.141. The molecule has 4 rings (SSSR count). The number of carbonyl (C=O) groups is 1. The Labute approximate surface area is 157 Å². The molecule has 0 aromatic carbocycles. The summed E-state index contributed by atoms with van der Waals surface area (Å²) >= 11 is 0. The number of hydrogen-bond donors (Lipinski definition) is 1. The minimum Gasteiger partial charge on any atom is -0.327 e. The summed E-state index contributed by atoms with van der Waals surface area (Å²) < 4.78 is 40.3. The molecule has 1 N–H and O–H groups in total. The average Bonchev–Trinajstić information content (AvgIpc) is 3.31. The smallest absolute Gasteiger partial charge is 0.327 e. The van der Waals surface area contributed by atoms with Gasteiger partial charge in [-0.1, -0.05) is 0 Å². The van der Waals surface area contributed by atoms with Gasteiger partial charge in [-0.3, -0.25) is 9.36 Å². The lowest BCUT2D eigenvalue weighted by Gasteiger charge is -2.27. The van der Waals surface area contributed by atoms with Gasteiger partial charge in [0, 0.05) is 19.2 Å². The van der Waals surface area contributed by atoms with Crippen molar-refractivity contribution < 1.29 is 18.0 Å². The number of amides is 1. The average molecular weight is 396 g/mol. The molecular weight excluding hydrogens is 377 g/mol. The van der Waals surface area contributed by atoms with Crippen molar-refractivity contribution in [3.8, 4) is 0 Å². The van der Waals surface area contributed by atoms with Crippen LogP contribution in [0.2, 0.25) is 0 Å². The molecule has 1 aliphatic heterocycles. The maximum absolute atomic E-state index is 13.0. The summed E-state index contributed by atoms with van der Waals surface area (Å²) in [5.41, 5.74) is -1.84. The highest BCUT2D eigenvalue weighted by molar-refractivity contribution is 5.92. The van der Waals surface area contributed by atoms with Crippen LogP contribution in [0.3, 0.4) is 0 Å². The molecule has 150 valence electrons. The number of halogens is 3. The highest BCUT2D eigenvalue weighted by Gasteiger charge is 2.48. The van der Waals surface area contributed by atoms with Gasteiger partial charge in [-0.05, 0) is 38.0 Å². The third-order valence-electron chi connectivity index (χ3n) is 5.48. The van der Waals surface area contributed by atoms with Crippen molar-refractivity contribution in [1.82, 2.24) is 29.6 Å². The Morgan fingerprint density at radius 1 is 1.29 bits per heavy atom. The number of H-pyrrole nitrogens is 1. The quantitative estimate of drug-likeness (QED) is 0.853. The Morgan fingerprint density at radius 2 is 2.04 bits per heavy atom. The molecule has 2 aromatic rings. The van der Waals surface area contributed by atoms with Gasteiger partial charge in [-0.15, -0.1) is 0 Å². The third-order valence-corrected chi connectivity index (χ3v) is 5.48. The van der Waals surface area contributed by atoms with Crippen molar-refractivity contribution in [2.24, 2.45) is 11.8 Å². The number of hydrogen-bond acceptors (Lipinski definition) is 5. The number of rotatable bonds is 4. The molecule has 0 spiro atoms. The molecule has 2 unspecified atom stereocenters. The maximum Gasteiger partial charge on any atom is 0.433 e. The zero-order valence-electron chi connectivity index (χ0n) is 15.1. The highest BCUT2D eigenvalue weighted by atomic mass is 19.4. The van der Waals surface area contributed by atoms with E-state index in [1.807, 2.05) is 0 Å². The first-order valence-corrected chi connectivity index (χ1v) is 9.16. The van der Waals surface area contributed by atoms with Crippen LogP contribution in [0, 0.1) is 11.8 Å². The van der Waals surface area contributed by atoms with Gasteiger partial charge >= 0.3 is 11.9 Å². The second kappa shape index (κ2) is 6.71. The fourth-order valence-electron chi connectivity index (χ4n) is 4.03. The van der Waals surface area contributed by atoms with Crippen molar-refractivity contribution in [3.63, 3.8) is 0 Å². The van der Waals surface area contributed by atoms with E-state index in [9.17, 15) is 22.8 Å². The summed E-state index contributed by atoms with van der Waals surface area (Å²) in [7, 11) is 0. The van der Waals surface area contributed by atoms with Crippen LogP contribution in [-0.4, -0.2) is 42.1 Å². The standard InChI is InChI=1S/C17H19F3N6O2/c1-2-25-14(23-24-16(25)28)13-10(9-3-4-9)5-6-26(13)15(27)11-7-12(17(18,19)20)22-8-21-11/h7-10,13H,2-6H2,1H3,(H,24,28). The van der Waals surface area contributed by atoms with Crippen molar-refractivity contribution in [2.75, 3.05) is 6.54 Å². The van der Waals surface area contributed by atoms with Gasteiger partial charge in [0.1, 0.15) is 17.7 Å². The monoisotopic (exact) mass is 396 g/mol. The molecule has 28 heavy (non-hydrogen) atoms. The number of nitrogens with zero attached hydrogens (tertiary/aromatic N) is 5. The van der Waals surface area contributed by atoms with Gasteiger partial charge in [0.25, 0.3) is 5.91 Å². The van der Waals surface area contributed by atoms with Crippen molar-refractivity contribution in [1.29, 1.82) is 0 Å². The Balaban J connectivity index is 1.71. The Hall–Kier alpha value is -2.72. The Kier molecular flexibility index (Phi) is 4.47. The molecule has 2 fully saturated rings. The Morgan fingerprint density at radius 3 is 2.68 bits per heavy atom. The summed E-state index contributed by atoms with van der Waals surface area (Å²) in [5.74, 6) is 0.379. The minimum atomic E-state index is -4.66. The molecule has 2 aliphatic rings. The van der Waals surface area contributed by atoms with E-state index in [1.165, 1.54) is 9.47 Å². The number of likely N-dealkylation sites (tertiary alicyclic amines) is 1. The van der Waals surface area contributed by atoms with Crippen LogP contribution in [0.25, 0.3) is 0 Å². The first-order chi connectivity index (χ1) is 13.3. The summed E-state index contributed by atoms with van der Waals surface area (Å²) in [5, 5.41) is 6.55. The number of aromatic nitrogens is 5. The molecule has 3 heterocycles.